The van der Waals surface area contributed by atoms with E-state index in [0.29, 0.717) is 17.8 Å². The van der Waals surface area contributed by atoms with Crippen LogP contribution in [-0.2, 0) is 49.3 Å². The summed E-state index contributed by atoms with van der Waals surface area (Å²) in [4.78, 5) is 48.2. The van der Waals surface area contributed by atoms with Gasteiger partial charge in [-0.3, -0.25) is 19.2 Å². The first-order chi connectivity index (χ1) is 20.9. The zero-order valence-corrected chi connectivity index (χ0v) is 27.0. The molecule has 44 heavy (non-hydrogen) atoms. The summed E-state index contributed by atoms with van der Waals surface area (Å²) in [6.45, 7) is 8.16. The molecule has 0 aliphatic carbocycles. The minimum absolute atomic E-state index is 0.320. The van der Waals surface area contributed by atoms with Crippen molar-refractivity contribution in [2.75, 3.05) is 12.9 Å². The quantitative estimate of drug-likeness (QED) is 0.179. The van der Waals surface area contributed by atoms with Crippen LogP contribution < -0.4 is 0 Å². The van der Waals surface area contributed by atoms with E-state index in [9.17, 15) is 19.2 Å². The van der Waals surface area contributed by atoms with Crippen molar-refractivity contribution in [3.63, 3.8) is 0 Å². The van der Waals surface area contributed by atoms with Crippen LogP contribution >= 0.6 is 23.1 Å². The zero-order chi connectivity index (χ0) is 32.1. The number of hydrogen-bond donors (Lipinski definition) is 0. The first-order valence-electron chi connectivity index (χ1n) is 13.7. The highest BCUT2D eigenvalue weighted by atomic mass is 32.2. The Morgan fingerprint density at radius 1 is 0.886 bits per heavy atom. The van der Waals surface area contributed by atoms with Crippen LogP contribution in [0.5, 0.6) is 0 Å². The molecule has 5 atom stereocenters. The van der Waals surface area contributed by atoms with Crippen LogP contribution in [-0.4, -0.2) is 81.1 Å². The molecule has 1 aliphatic heterocycles. The molecule has 2 aromatic heterocycles. The number of nitrogens with zero attached hydrogens (tertiary/aromatic N) is 4. The summed E-state index contributed by atoms with van der Waals surface area (Å²) in [6.07, 6.45) is -3.48. The Morgan fingerprint density at radius 3 is 2.07 bits per heavy atom. The van der Waals surface area contributed by atoms with Crippen LogP contribution in [0.4, 0.5) is 0 Å². The molecular weight excluding hydrogens is 612 g/mol. The summed E-state index contributed by atoms with van der Waals surface area (Å²) in [5.74, 6) is -2.67. The van der Waals surface area contributed by atoms with Gasteiger partial charge in [-0.05, 0) is 25.7 Å². The zero-order valence-electron chi connectivity index (χ0n) is 25.4. The molecule has 3 aromatic rings. The van der Waals surface area contributed by atoms with E-state index in [1.807, 2.05) is 44.4 Å². The fourth-order valence-electron chi connectivity index (χ4n) is 4.98. The Morgan fingerprint density at radius 2 is 1.50 bits per heavy atom. The molecule has 236 valence electrons. The first kappa shape index (κ1) is 33.1. The van der Waals surface area contributed by atoms with Gasteiger partial charge in [0.05, 0.1) is 5.69 Å². The average molecular weight is 647 g/mol. The van der Waals surface area contributed by atoms with Crippen molar-refractivity contribution >= 4 is 47.0 Å². The average Bonchev–Trinajstić information content (AvgIpc) is 3.54. The minimum atomic E-state index is -1.29. The third kappa shape index (κ3) is 7.81. The standard InChI is InChI=1S/C29H34N4O9S2/c1-14-22(12-20-8-10-21(11-9-20)27-30-31-29(43-7)44-27)15(2)33(32-14)28-26(41-19(6)37)25(40-18(5)36)24(39-17(4)35)23(42-28)13-38-16(3)34/h8-11,23-26,28H,12-13H2,1-7H3/t23-,24-,25+,26-,28-/m1/s1. The predicted molar refractivity (Wildman–Crippen MR) is 159 cm³/mol. The molecule has 0 saturated carbocycles. The fourth-order valence-corrected chi connectivity index (χ4v) is 6.26. The van der Waals surface area contributed by atoms with E-state index in [4.69, 9.17) is 28.8 Å². The second-order valence-electron chi connectivity index (χ2n) is 10.1. The van der Waals surface area contributed by atoms with Gasteiger partial charge in [0.1, 0.15) is 17.7 Å². The number of thioether (sulfide) groups is 1. The van der Waals surface area contributed by atoms with Crippen LogP contribution in [0.1, 0.15) is 56.4 Å². The van der Waals surface area contributed by atoms with E-state index in [2.05, 4.69) is 10.2 Å². The molecule has 1 aliphatic rings. The highest BCUT2D eigenvalue weighted by Crippen LogP contribution is 2.36. The van der Waals surface area contributed by atoms with Crippen molar-refractivity contribution < 1.29 is 42.9 Å². The number of rotatable bonds is 10. The summed E-state index contributed by atoms with van der Waals surface area (Å²) in [6, 6.07) is 8.02. The van der Waals surface area contributed by atoms with E-state index in [1.165, 1.54) is 39.0 Å². The molecule has 4 rings (SSSR count). The smallest absolute Gasteiger partial charge is 0.303 e. The van der Waals surface area contributed by atoms with Gasteiger partial charge in [-0.25, -0.2) is 4.68 Å². The lowest BCUT2D eigenvalue weighted by molar-refractivity contribution is -0.270. The Bertz CT molecular complexity index is 1520. The van der Waals surface area contributed by atoms with Gasteiger partial charge in [-0.1, -0.05) is 47.4 Å². The number of esters is 4. The van der Waals surface area contributed by atoms with Crippen LogP contribution in [0.3, 0.4) is 0 Å². The number of ether oxygens (including phenoxy) is 5. The maximum absolute atomic E-state index is 12.3. The lowest BCUT2D eigenvalue weighted by Crippen LogP contribution is -2.60. The van der Waals surface area contributed by atoms with E-state index in [0.717, 1.165) is 26.0 Å². The fraction of sp³-hybridized carbons (Fsp3) is 0.483. The van der Waals surface area contributed by atoms with E-state index < -0.39 is 54.5 Å². The van der Waals surface area contributed by atoms with Crippen molar-refractivity contribution in [3.8, 4) is 10.6 Å². The predicted octanol–water partition coefficient (Wildman–Crippen LogP) is 3.59. The Kier molecular flexibility index (Phi) is 10.8. The molecule has 0 N–H and O–H groups in total. The molecule has 13 nitrogen and oxygen atoms in total. The molecule has 15 heteroatoms. The van der Waals surface area contributed by atoms with Gasteiger partial charge in [0, 0.05) is 50.9 Å². The number of benzene rings is 1. The third-order valence-corrected chi connectivity index (χ3v) is 8.79. The van der Waals surface area contributed by atoms with Gasteiger partial charge >= 0.3 is 23.9 Å². The summed E-state index contributed by atoms with van der Waals surface area (Å²) in [5.41, 5.74) is 4.31. The second kappa shape index (κ2) is 14.3. The van der Waals surface area contributed by atoms with Crippen molar-refractivity contribution in [1.29, 1.82) is 0 Å². The first-order valence-corrected chi connectivity index (χ1v) is 15.7. The number of hydrogen-bond acceptors (Lipinski definition) is 14. The van der Waals surface area contributed by atoms with E-state index in [1.54, 1.807) is 16.4 Å². The molecule has 0 amide bonds. The third-order valence-electron chi connectivity index (χ3n) is 6.85. The van der Waals surface area contributed by atoms with E-state index >= 15 is 0 Å². The van der Waals surface area contributed by atoms with Crippen LogP contribution in [0.2, 0.25) is 0 Å². The summed E-state index contributed by atoms with van der Waals surface area (Å²) in [5, 5.41) is 14.0. The molecule has 1 aromatic carbocycles. The van der Waals surface area contributed by atoms with Crippen molar-refractivity contribution in [1.82, 2.24) is 20.0 Å². The topological polar surface area (TPSA) is 158 Å². The Hall–Kier alpha value is -3.82. The molecule has 0 spiro atoms. The molecule has 1 fully saturated rings. The van der Waals surface area contributed by atoms with Gasteiger partial charge in [0.25, 0.3) is 0 Å². The molecule has 0 radical (unpaired) electrons. The molecule has 0 bridgehead atoms. The van der Waals surface area contributed by atoms with Crippen molar-refractivity contribution in [3.05, 3.63) is 46.8 Å². The Balaban J connectivity index is 1.69. The lowest BCUT2D eigenvalue weighted by Gasteiger charge is -2.44. The van der Waals surface area contributed by atoms with Crippen LogP contribution in [0, 0.1) is 13.8 Å². The normalized spacial score (nSPS) is 21.4. The highest BCUT2D eigenvalue weighted by Gasteiger charge is 2.53. The highest BCUT2D eigenvalue weighted by molar-refractivity contribution is 8.00. The molecule has 1 saturated heterocycles. The number of aromatic nitrogens is 4. The largest absolute Gasteiger partial charge is 0.463 e. The number of aryl methyl sites for hydroxylation is 1. The maximum atomic E-state index is 12.3. The molecular formula is C29H34N4O9S2. The maximum Gasteiger partial charge on any atom is 0.303 e. The van der Waals surface area contributed by atoms with Crippen LogP contribution in [0.15, 0.2) is 28.6 Å². The van der Waals surface area contributed by atoms with Crippen molar-refractivity contribution in [2.45, 2.75) is 82.9 Å². The lowest BCUT2D eigenvalue weighted by atomic mass is 9.97. The van der Waals surface area contributed by atoms with Gasteiger partial charge in [0.15, 0.2) is 28.9 Å². The monoisotopic (exact) mass is 646 g/mol. The van der Waals surface area contributed by atoms with Gasteiger partial charge in [-0.15, -0.1) is 10.2 Å². The van der Waals surface area contributed by atoms with Gasteiger partial charge in [-0.2, -0.15) is 5.10 Å². The minimum Gasteiger partial charge on any atom is -0.463 e. The number of carbonyl (C=O) groups excluding carboxylic acids is 4. The van der Waals surface area contributed by atoms with Gasteiger partial charge in [0.2, 0.25) is 0 Å². The molecule has 0 unspecified atom stereocenters. The number of carbonyl (C=O) groups is 4. The summed E-state index contributed by atoms with van der Waals surface area (Å²) in [7, 11) is 0. The van der Waals surface area contributed by atoms with Crippen LogP contribution in [0.25, 0.3) is 10.6 Å². The van der Waals surface area contributed by atoms with E-state index in [-0.39, 0.29) is 6.61 Å². The Labute approximate surface area is 262 Å². The van der Waals surface area contributed by atoms with Gasteiger partial charge < -0.3 is 23.7 Å². The SMILES string of the molecule is CSc1nnc(-c2ccc(Cc3c(C)nn([C@@H]4O[C@H](COC(C)=O)[C@@H](OC(C)=O)[C@H](OC(C)=O)[C@H]4OC(C)=O)c3C)cc2)s1. The second-order valence-corrected chi connectivity index (χ2v) is 12.2. The molecule has 3 heterocycles. The summed E-state index contributed by atoms with van der Waals surface area (Å²) >= 11 is 3.08. The summed E-state index contributed by atoms with van der Waals surface area (Å²) < 4.78 is 30.6. The van der Waals surface area contributed by atoms with Crippen molar-refractivity contribution in [2.24, 2.45) is 0 Å².